The van der Waals surface area contributed by atoms with Gasteiger partial charge in [-0.3, -0.25) is 0 Å². The molecule has 0 aliphatic carbocycles. The topological polar surface area (TPSA) is 35.6 Å². The van der Waals surface area contributed by atoms with E-state index in [0.717, 1.165) is 18.7 Å². The third-order valence-electron chi connectivity index (χ3n) is 4.85. The number of carbonyl (C=O) groups excluding carboxylic acids is 1. The summed E-state index contributed by atoms with van der Waals surface area (Å²) < 4.78 is 12.9. The van der Waals surface area contributed by atoms with E-state index in [2.05, 4.69) is 48.3 Å². The minimum atomic E-state index is -0.266. The van der Waals surface area contributed by atoms with Gasteiger partial charge in [-0.1, -0.05) is 38.1 Å². The minimum Gasteiger partial charge on any atom is -0.368 e. The predicted molar refractivity (Wildman–Crippen MR) is 103 cm³/mol. The predicted octanol–water partition coefficient (Wildman–Crippen LogP) is 3.98. The van der Waals surface area contributed by atoms with Crippen molar-refractivity contribution in [2.75, 3.05) is 31.1 Å². The molecule has 2 amide bonds. The number of hydrogen-bond donors (Lipinski definition) is 1. The van der Waals surface area contributed by atoms with E-state index >= 15 is 0 Å². The Labute approximate surface area is 154 Å². The fourth-order valence-corrected chi connectivity index (χ4v) is 3.13. The second kappa shape index (κ2) is 8.21. The summed E-state index contributed by atoms with van der Waals surface area (Å²) in [5.74, 6) is 0.267. The molecule has 0 atom stereocenters. The normalized spacial score (nSPS) is 14.6. The van der Waals surface area contributed by atoms with Crippen molar-refractivity contribution < 1.29 is 9.18 Å². The maximum absolute atomic E-state index is 12.9. The number of rotatable bonds is 4. The van der Waals surface area contributed by atoms with Gasteiger partial charge in [-0.05, 0) is 41.3 Å². The minimum absolute atomic E-state index is 0.0656. The van der Waals surface area contributed by atoms with Crippen LogP contribution in [0.4, 0.5) is 14.9 Å². The van der Waals surface area contributed by atoms with Gasteiger partial charge in [0.2, 0.25) is 0 Å². The number of hydrogen-bond acceptors (Lipinski definition) is 2. The second-order valence-corrected chi connectivity index (χ2v) is 7.01. The van der Waals surface area contributed by atoms with Crippen molar-refractivity contribution >= 4 is 11.7 Å². The molecular formula is C21H26FN3O. The van der Waals surface area contributed by atoms with Gasteiger partial charge in [0, 0.05) is 38.4 Å². The van der Waals surface area contributed by atoms with Crippen molar-refractivity contribution in [3.05, 3.63) is 65.5 Å². The van der Waals surface area contributed by atoms with E-state index in [-0.39, 0.29) is 11.8 Å². The average Bonchev–Trinajstić information content (AvgIpc) is 2.67. The lowest BCUT2D eigenvalue weighted by Crippen LogP contribution is -2.51. The van der Waals surface area contributed by atoms with E-state index in [1.165, 1.54) is 23.4 Å². The molecule has 26 heavy (non-hydrogen) atoms. The van der Waals surface area contributed by atoms with Gasteiger partial charge in [0.25, 0.3) is 0 Å². The summed E-state index contributed by atoms with van der Waals surface area (Å²) in [5.41, 5.74) is 3.44. The Morgan fingerprint density at radius 1 is 1.00 bits per heavy atom. The van der Waals surface area contributed by atoms with E-state index in [1.54, 1.807) is 12.1 Å². The monoisotopic (exact) mass is 355 g/mol. The first-order valence-corrected chi connectivity index (χ1v) is 9.15. The lowest BCUT2D eigenvalue weighted by molar-refractivity contribution is 0.194. The van der Waals surface area contributed by atoms with Crippen LogP contribution < -0.4 is 10.2 Å². The molecule has 2 aromatic rings. The molecule has 138 valence electrons. The number of anilines is 1. The Hall–Kier alpha value is -2.56. The van der Waals surface area contributed by atoms with E-state index in [9.17, 15) is 9.18 Å². The number of carbonyl (C=O) groups is 1. The Bertz CT molecular complexity index is 720. The maximum atomic E-state index is 12.9. The SMILES string of the molecule is CC(C)c1ccc(N2CCN(C(=O)NCc3ccc(F)cc3)CC2)cc1. The van der Waals surface area contributed by atoms with Crippen molar-refractivity contribution in [2.24, 2.45) is 0 Å². The molecule has 4 nitrogen and oxygen atoms in total. The number of urea groups is 1. The summed E-state index contributed by atoms with van der Waals surface area (Å²) in [7, 11) is 0. The lowest BCUT2D eigenvalue weighted by Gasteiger charge is -2.36. The average molecular weight is 355 g/mol. The molecule has 5 heteroatoms. The van der Waals surface area contributed by atoms with Gasteiger partial charge in [0.05, 0.1) is 0 Å². The molecular weight excluding hydrogens is 329 g/mol. The first-order valence-electron chi connectivity index (χ1n) is 9.15. The summed E-state index contributed by atoms with van der Waals surface area (Å²) in [6, 6.07) is 14.8. The van der Waals surface area contributed by atoms with Crippen molar-refractivity contribution in [3.8, 4) is 0 Å². The van der Waals surface area contributed by atoms with Crippen molar-refractivity contribution in [2.45, 2.75) is 26.3 Å². The molecule has 0 spiro atoms. The molecule has 2 aromatic carbocycles. The zero-order valence-electron chi connectivity index (χ0n) is 15.4. The highest BCUT2D eigenvalue weighted by Crippen LogP contribution is 2.21. The van der Waals surface area contributed by atoms with Crippen molar-refractivity contribution in [1.29, 1.82) is 0 Å². The van der Waals surface area contributed by atoms with Crippen LogP contribution in [0.25, 0.3) is 0 Å². The Morgan fingerprint density at radius 3 is 2.19 bits per heavy atom. The Balaban J connectivity index is 1.48. The lowest BCUT2D eigenvalue weighted by atomic mass is 10.0. The molecule has 1 saturated heterocycles. The van der Waals surface area contributed by atoms with Gasteiger partial charge in [-0.25, -0.2) is 9.18 Å². The fraction of sp³-hybridized carbons (Fsp3) is 0.381. The van der Waals surface area contributed by atoms with Crippen LogP contribution in [0.15, 0.2) is 48.5 Å². The molecule has 0 radical (unpaired) electrons. The van der Waals surface area contributed by atoms with Crippen LogP contribution in [0.1, 0.15) is 30.9 Å². The van der Waals surface area contributed by atoms with Gasteiger partial charge in [-0.2, -0.15) is 0 Å². The number of nitrogens with one attached hydrogen (secondary N) is 1. The molecule has 0 bridgehead atoms. The highest BCUT2D eigenvalue weighted by molar-refractivity contribution is 5.74. The van der Waals surface area contributed by atoms with Crippen LogP contribution in [0.5, 0.6) is 0 Å². The van der Waals surface area contributed by atoms with Gasteiger partial charge < -0.3 is 15.1 Å². The molecule has 0 saturated carbocycles. The first kappa shape index (κ1) is 18.2. The van der Waals surface area contributed by atoms with Gasteiger partial charge >= 0.3 is 6.03 Å². The summed E-state index contributed by atoms with van der Waals surface area (Å²) >= 11 is 0. The molecule has 0 aromatic heterocycles. The third-order valence-corrected chi connectivity index (χ3v) is 4.85. The first-order chi connectivity index (χ1) is 12.5. The molecule has 0 unspecified atom stereocenters. The Kier molecular flexibility index (Phi) is 5.76. The number of amides is 2. The molecule has 1 aliphatic rings. The van der Waals surface area contributed by atoms with Gasteiger partial charge in [0.15, 0.2) is 0 Å². The number of piperazine rings is 1. The summed E-state index contributed by atoms with van der Waals surface area (Å²) in [5, 5.41) is 2.91. The summed E-state index contributed by atoms with van der Waals surface area (Å²) in [6.07, 6.45) is 0. The van der Waals surface area contributed by atoms with Gasteiger partial charge in [-0.15, -0.1) is 0 Å². The Morgan fingerprint density at radius 2 is 1.62 bits per heavy atom. The molecule has 1 heterocycles. The van der Waals surface area contributed by atoms with Gasteiger partial charge in [0.1, 0.15) is 5.82 Å². The fourth-order valence-electron chi connectivity index (χ4n) is 3.13. The van der Waals surface area contributed by atoms with E-state index in [0.29, 0.717) is 25.6 Å². The number of benzene rings is 2. The zero-order valence-corrected chi connectivity index (χ0v) is 15.4. The maximum Gasteiger partial charge on any atom is 0.317 e. The molecule has 1 aliphatic heterocycles. The highest BCUT2D eigenvalue weighted by atomic mass is 19.1. The van der Waals surface area contributed by atoms with E-state index < -0.39 is 0 Å². The zero-order chi connectivity index (χ0) is 18.5. The molecule has 3 rings (SSSR count). The van der Waals surface area contributed by atoms with Crippen LogP contribution in [0, 0.1) is 5.82 Å². The number of nitrogens with zero attached hydrogens (tertiary/aromatic N) is 2. The summed E-state index contributed by atoms with van der Waals surface area (Å²) in [6.45, 7) is 7.84. The quantitative estimate of drug-likeness (QED) is 0.900. The van der Waals surface area contributed by atoms with E-state index in [1.807, 2.05) is 4.90 Å². The largest absolute Gasteiger partial charge is 0.368 e. The van der Waals surface area contributed by atoms with Crippen LogP contribution >= 0.6 is 0 Å². The van der Waals surface area contributed by atoms with Crippen LogP contribution in [0.3, 0.4) is 0 Å². The highest BCUT2D eigenvalue weighted by Gasteiger charge is 2.21. The van der Waals surface area contributed by atoms with Crippen LogP contribution in [0.2, 0.25) is 0 Å². The smallest absolute Gasteiger partial charge is 0.317 e. The second-order valence-electron chi connectivity index (χ2n) is 7.01. The van der Waals surface area contributed by atoms with Crippen LogP contribution in [-0.4, -0.2) is 37.1 Å². The molecule has 1 fully saturated rings. The number of halogens is 1. The standard InChI is InChI=1S/C21H26FN3O/c1-16(2)18-5-9-20(10-6-18)24-11-13-25(14-12-24)21(26)23-15-17-3-7-19(22)8-4-17/h3-10,16H,11-15H2,1-2H3,(H,23,26). The van der Waals surface area contributed by atoms with Crippen molar-refractivity contribution in [3.63, 3.8) is 0 Å². The third kappa shape index (κ3) is 4.54. The summed E-state index contributed by atoms with van der Waals surface area (Å²) in [4.78, 5) is 16.5. The van der Waals surface area contributed by atoms with Crippen LogP contribution in [-0.2, 0) is 6.54 Å². The molecule has 1 N–H and O–H groups in total. The van der Waals surface area contributed by atoms with Crippen molar-refractivity contribution in [1.82, 2.24) is 10.2 Å². The van der Waals surface area contributed by atoms with E-state index in [4.69, 9.17) is 0 Å².